The Balaban J connectivity index is 1.88. The normalized spacial score (nSPS) is 20.7. The highest BCUT2D eigenvalue weighted by molar-refractivity contribution is 7.99. The Morgan fingerprint density at radius 1 is 1.37 bits per heavy atom. The molecule has 2 unspecified atom stereocenters. The fourth-order valence-electron chi connectivity index (χ4n) is 2.33. The molecule has 0 aromatic heterocycles. The summed E-state index contributed by atoms with van der Waals surface area (Å²) in [4.78, 5) is 0. The van der Waals surface area contributed by atoms with Crippen molar-refractivity contribution in [2.75, 3.05) is 18.1 Å². The molecule has 1 aliphatic rings. The van der Waals surface area contributed by atoms with Crippen LogP contribution in [-0.4, -0.2) is 24.2 Å². The summed E-state index contributed by atoms with van der Waals surface area (Å²) < 4.78 is 5.75. The Hall–Kier alpha value is -0.670. The molecule has 1 aromatic rings. The molecule has 2 nitrogen and oxygen atoms in total. The van der Waals surface area contributed by atoms with Gasteiger partial charge in [0, 0.05) is 6.04 Å². The molecule has 0 radical (unpaired) electrons. The van der Waals surface area contributed by atoms with Crippen LogP contribution in [0.2, 0.25) is 0 Å². The maximum atomic E-state index is 5.75. The summed E-state index contributed by atoms with van der Waals surface area (Å²) >= 11 is 2.08. The SMILES string of the molecule is CC(C)Oc1cccc(C(C)NCC2CCSC2)c1. The lowest BCUT2D eigenvalue weighted by molar-refractivity contribution is 0.242. The van der Waals surface area contributed by atoms with Crippen molar-refractivity contribution >= 4 is 11.8 Å². The van der Waals surface area contributed by atoms with Crippen molar-refractivity contribution in [3.8, 4) is 5.75 Å². The van der Waals surface area contributed by atoms with Crippen LogP contribution < -0.4 is 10.1 Å². The van der Waals surface area contributed by atoms with Gasteiger partial charge in [-0.05, 0) is 68.9 Å². The lowest BCUT2D eigenvalue weighted by Crippen LogP contribution is -2.25. The summed E-state index contributed by atoms with van der Waals surface area (Å²) in [5.74, 6) is 4.47. The maximum absolute atomic E-state index is 5.75. The monoisotopic (exact) mass is 279 g/mol. The molecule has 0 spiro atoms. The van der Waals surface area contributed by atoms with E-state index in [-0.39, 0.29) is 6.10 Å². The molecule has 2 atom stereocenters. The fraction of sp³-hybridized carbons (Fsp3) is 0.625. The first-order chi connectivity index (χ1) is 9.15. The number of hydrogen-bond acceptors (Lipinski definition) is 3. The molecule has 106 valence electrons. The van der Waals surface area contributed by atoms with Gasteiger partial charge in [-0.3, -0.25) is 0 Å². The summed E-state index contributed by atoms with van der Waals surface area (Å²) in [5.41, 5.74) is 1.31. The molecule has 2 rings (SSSR count). The molecule has 1 aromatic carbocycles. The lowest BCUT2D eigenvalue weighted by Gasteiger charge is -2.18. The minimum atomic E-state index is 0.231. The largest absolute Gasteiger partial charge is 0.491 e. The third-order valence-corrected chi connectivity index (χ3v) is 4.70. The van der Waals surface area contributed by atoms with Crippen molar-refractivity contribution in [3.05, 3.63) is 29.8 Å². The van der Waals surface area contributed by atoms with Gasteiger partial charge in [0.2, 0.25) is 0 Å². The Kier molecular flexibility index (Phi) is 5.59. The predicted octanol–water partition coefficient (Wildman–Crippen LogP) is 3.88. The first-order valence-electron chi connectivity index (χ1n) is 7.23. The quantitative estimate of drug-likeness (QED) is 0.854. The van der Waals surface area contributed by atoms with E-state index in [2.05, 4.69) is 56.0 Å². The van der Waals surface area contributed by atoms with Crippen LogP contribution >= 0.6 is 11.8 Å². The Labute approximate surface area is 121 Å². The molecular weight excluding hydrogens is 254 g/mol. The van der Waals surface area contributed by atoms with Crippen molar-refractivity contribution in [2.45, 2.75) is 39.3 Å². The van der Waals surface area contributed by atoms with E-state index in [1.54, 1.807) is 0 Å². The van der Waals surface area contributed by atoms with E-state index in [9.17, 15) is 0 Å². The van der Waals surface area contributed by atoms with Gasteiger partial charge in [0.05, 0.1) is 6.10 Å². The smallest absolute Gasteiger partial charge is 0.120 e. The van der Waals surface area contributed by atoms with E-state index >= 15 is 0 Å². The van der Waals surface area contributed by atoms with Crippen molar-refractivity contribution in [3.63, 3.8) is 0 Å². The van der Waals surface area contributed by atoms with Crippen LogP contribution in [0, 0.1) is 5.92 Å². The van der Waals surface area contributed by atoms with Crippen LogP contribution in [0.25, 0.3) is 0 Å². The molecule has 1 N–H and O–H groups in total. The highest BCUT2D eigenvalue weighted by Gasteiger charge is 2.16. The van der Waals surface area contributed by atoms with Gasteiger partial charge in [-0.15, -0.1) is 0 Å². The van der Waals surface area contributed by atoms with Gasteiger partial charge in [0.1, 0.15) is 5.75 Å². The molecular formula is C16H25NOS. The van der Waals surface area contributed by atoms with Crippen LogP contribution in [0.3, 0.4) is 0 Å². The second-order valence-corrected chi connectivity index (χ2v) is 6.75. The zero-order chi connectivity index (χ0) is 13.7. The van der Waals surface area contributed by atoms with E-state index in [0.717, 1.165) is 18.2 Å². The zero-order valence-electron chi connectivity index (χ0n) is 12.2. The summed E-state index contributed by atoms with van der Waals surface area (Å²) in [6.45, 7) is 7.48. The average molecular weight is 279 g/mol. The Bertz CT molecular complexity index is 388. The predicted molar refractivity (Wildman–Crippen MR) is 84.1 cm³/mol. The third kappa shape index (κ3) is 4.73. The molecule has 1 fully saturated rings. The minimum absolute atomic E-state index is 0.231. The number of rotatable bonds is 6. The van der Waals surface area contributed by atoms with Crippen LogP contribution in [0.1, 0.15) is 38.8 Å². The van der Waals surface area contributed by atoms with Gasteiger partial charge in [0.15, 0.2) is 0 Å². The van der Waals surface area contributed by atoms with E-state index in [0.29, 0.717) is 6.04 Å². The fourth-order valence-corrected chi connectivity index (χ4v) is 3.62. The molecule has 1 heterocycles. The van der Waals surface area contributed by atoms with E-state index in [4.69, 9.17) is 4.74 Å². The molecule has 0 amide bonds. The number of nitrogens with one attached hydrogen (secondary N) is 1. The van der Waals surface area contributed by atoms with Crippen molar-refractivity contribution in [1.82, 2.24) is 5.32 Å². The lowest BCUT2D eigenvalue weighted by atomic mass is 10.1. The average Bonchev–Trinajstić information content (AvgIpc) is 2.88. The Morgan fingerprint density at radius 2 is 2.21 bits per heavy atom. The topological polar surface area (TPSA) is 21.3 Å². The third-order valence-electron chi connectivity index (χ3n) is 3.47. The van der Waals surface area contributed by atoms with Crippen molar-refractivity contribution < 1.29 is 4.74 Å². The van der Waals surface area contributed by atoms with E-state index < -0.39 is 0 Å². The van der Waals surface area contributed by atoms with Gasteiger partial charge in [-0.1, -0.05) is 12.1 Å². The first kappa shape index (κ1) is 14.7. The molecule has 1 aliphatic heterocycles. The van der Waals surface area contributed by atoms with Crippen LogP contribution in [-0.2, 0) is 0 Å². The van der Waals surface area contributed by atoms with Crippen molar-refractivity contribution in [2.24, 2.45) is 5.92 Å². The summed E-state index contributed by atoms with van der Waals surface area (Å²) in [7, 11) is 0. The molecule has 0 bridgehead atoms. The molecule has 1 saturated heterocycles. The number of benzene rings is 1. The summed E-state index contributed by atoms with van der Waals surface area (Å²) in [6, 6.07) is 8.83. The number of ether oxygens (including phenoxy) is 1. The van der Waals surface area contributed by atoms with Gasteiger partial charge in [-0.2, -0.15) is 11.8 Å². The van der Waals surface area contributed by atoms with Crippen LogP contribution in [0.4, 0.5) is 0 Å². The van der Waals surface area contributed by atoms with Crippen LogP contribution in [0.15, 0.2) is 24.3 Å². The minimum Gasteiger partial charge on any atom is -0.491 e. The second-order valence-electron chi connectivity index (χ2n) is 5.60. The van der Waals surface area contributed by atoms with Gasteiger partial charge in [0.25, 0.3) is 0 Å². The number of hydrogen-bond donors (Lipinski definition) is 1. The molecule has 3 heteroatoms. The van der Waals surface area contributed by atoms with E-state index in [1.807, 2.05) is 6.07 Å². The summed E-state index contributed by atoms with van der Waals surface area (Å²) in [5, 5.41) is 3.65. The highest BCUT2D eigenvalue weighted by atomic mass is 32.2. The first-order valence-corrected chi connectivity index (χ1v) is 8.38. The molecule has 0 aliphatic carbocycles. The highest BCUT2D eigenvalue weighted by Crippen LogP contribution is 2.24. The van der Waals surface area contributed by atoms with Gasteiger partial charge >= 0.3 is 0 Å². The summed E-state index contributed by atoms with van der Waals surface area (Å²) in [6.07, 6.45) is 1.59. The van der Waals surface area contributed by atoms with Gasteiger partial charge < -0.3 is 10.1 Å². The van der Waals surface area contributed by atoms with Crippen molar-refractivity contribution in [1.29, 1.82) is 0 Å². The standard InChI is InChI=1S/C16H25NOS/c1-12(2)18-16-6-4-5-15(9-16)13(3)17-10-14-7-8-19-11-14/h4-6,9,12-14,17H,7-8,10-11H2,1-3H3. The maximum Gasteiger partial charge on any atom is 0.120 e. The molecule has 0 saturated carbocycles. The zero-order valence-corrected chi connectivity index (χ0v) is 13.0. The molecule has 19 heavy (non-hydrogen) atoms. The van der Waals surface area contributed by atoms with E-state index in [1.165, 1.54) is 23.5 Å². The number of thioether (sulfide) groups is 1. The van der Waals surface area contributed by atoms with Crippen LogP contribution in [0.5, 0.6) is 5.75 Å². The van der Waals surface area contributed by atoms with Gasteiger partial charge in [-0.25, -0.2) is 0 Å². The Morgan fingerprint density at radius 3 is 2.89 bits per heavy atom. The second kappa shape index (κ2) is 7.20.